The predicted octanol–water partition coefficient (Wildman–Crippen LogP) is 6.01. The van der Waals surface area contributed by atoms with Gasteiger partial charge in [-0.15, -0.1) is 0 Å². The molecule has 0 saturated heterocycles. The van der Waals surface area contributed by atoms with Crippen molar-refractivity contribution in [2.24, 2.45) is 27.5 Å². The molecular weight excluding hydrogens is 316 g/mol. The van der Waals surface area contributed by atoms with Crippen molar-refractivity contribution >= 4 is 0 Å². The van der Waals surface area contributed by atoms with E-state index in [0.717, 1.165) is 6.42 Å². The molecule has 26 heavy (non-hydrogen) atoms. The number of benzene rings is 2. The number of allylic oxidation sites excluding steroid dienone is 1. The molecule has 2 saturated carbocycles. The SMILES string of the molecule is C1=CC2C(C1)C1(c3ccccc3)N=NC2(c2ccccc2)C12CCCC2. The summed E-state index contributed by atoms with van der Waals surface area (Å²) in [6.07, 6.45) is 11.1. The van der Waals surface area contributed by atoms with Gasteiger partial charge in [-0.05, 0) is 30.4 Å². The average Bonchev–Trinajstić information content (AvgIpc) is 3.47. The highest BCUT2D eigenvalue weighted by Gasteiger charge is 2.80. The molecule has 0 amide bonds. The minimum atomic E-state index is -0.182. The van der Waals surface area contributed by atoms with Crippen LogP contribution >= 0.6 is 0 Å². The third-order valence-corrected chi connectivity index (χ3v) is 7.90. The Bertz CT molecular complexity index is 894. The second kappa shape index (κ2) is 4.94. The summed E-state index contributed by atoms with van der Waals surface area (Å²) in [7, 11) is 0. The normalized spacial score (nSPS) is 38.3. The molecule has 0 aromatic heterocycles. The van der Waals surface area contributed by atoms with Crippen molar-refractivity contribution in [3.63, 3.8) is 0 Å². The maximum atomic E-state index is 5.22. The van der Waals surface area contributed by atoms with Gasteiger partial charge in [-0.2, -0.15) is 10.2 Å². The van der Waals surface area contributed by atoms with Gasteiger partial charge in [0, 0.05) is 17.3 Å². The molecule has 1 aliphatic heterocycles. The molecule has 4 aliphatic rings. The van der Waals surface area contributed by atoms with Crippen molar-refractivity contribution in [3.05, 3.63) is 83.9 Å². The van der Waals surface area contributed by atoms with Crippen molar-refractivity contribution < 1.29 is 0 Å². The summed E-state index contributed by atoms with van der Waals surface area (Å²) in [6.45, 7) is 0. The van der Waals surface area contributed by atoms with E-state index in [0.29, 0.717) is 11.8 Å². The molecule has 4 unspecified atom stereocenters. The van der Waals surface area contributed by atoms with E-state index in [-0.39, 0.29) is 16.5 Å². The molecule has 2 bridgehead atoms. The molecule has 0 radical (unpaired) electrons. The summed E-state index contributed by atoms with van der Waals surface area (Å²) >= 11 is 0. The number of fused-ring (bicyclic) bond motifs is 3. The Morgan fingerprint density at radius 2 is 1.31 bits per heavy atom. The van der Waals surface area contributed by atoms with Crippen LogP contribution in [0.3, 0.4) is 0 Å². The lowest BCUT2D eigenvalue weighted by Crippen LogP contribution is -2.47. The molecule has 2 aromatic rings. The Morgan fingerprint density at radius 1 is 0.731 bits per heavy atom. The zero-order chi connectivity index (χ0) is 17.2. The zero-order valence-corrected chi connectivity index (χ0v) is 15.0. The number of nitrogens with zero attached hydrogens (tertiary/aromatic N) is 2. The van der Waals surface area contributed by atoms with E-state index in [1.807, 2.05) is 0 Å². The third kappa shape index (κ3) is 1.41. The number of azo groups is 1. The van der Waals surface area contributed by atoms with Crippen LogP contribution in [0.15, 0.2) is 83.0 Å². The van der Waals surface area contributed by atoms with Crippen LogP contribution in [0.5, 0.6) is 0 Å². The Morgan fingerprint density at radius 3 is 1.96 bits per heavy atom. The Labute approximate surface area is 155 Å². The number of hydrogen-bond donors (Lipinski definition) is 0. The van der Waals surface area contributed by atoms with Crippen molar-refractivity contribution in [1.29, 1.82) is 0 Å². The second-order valence-corrected chi connectivity index (χ2v) is 8.55. The quantitative estimate of drug-likeness (QED) is 0.598. The maximum absolute atomic E-state index is 5.22. The molecule has 130 valence electrons. The first-order valence-corrected chi connectivity index (χ1v) is 10.1. The highest BCUT2D eigenvalue weighted by molar-refractivity contribution is 5.48. The molecule has 3 aliphatic carbocycles. The van der Waals surface area contributed by atoms with E-state index >= 15 is 0 Å². The minimum Gasteiger partial charge on any atom is -0.181 e. The van der Waals surface area contributed by atoms with Gasteiger partial charge in [0.1, 0.15) is 11.1 Å². The molecule has 0 N–H and O–H groups in total. The minimum absolute atomic E-state index is 0.128. The molecule has 1 heterocycles. The third-order valence-electron chi connectivity index (χ3n) is 7.90. The fourth-order valence-electron chi connectivity index (χ4n) is 7.17. The summed E-state index contributed by atoms with van der Waals surface area (Å²) < 4.78 is 0. The van der Waals surface area contributed by atoms with Gasteiger partial charge in [0.15, 0.2) is 0 Å². The van der Waals surface area contributed by atoms with Crippen LogP contribution in [0.25, 0.3) is 0 Å². The van der Waals surface area contributed by atoms with Crippen molar-refractivity contribution in [2.75, 3.05) is 0 Å². The average molecular weight is 340 g/mol. The first kappa shape index (κ1) is 14.9. The standard InChI is InChI=1S/C24H24N2/c1-3-10-18(11-4-1)23-20-14-9-15-21(20)24(26-25-23,19-12-5-2-6-13-19)22(23)16-7-8-17-22/h1-6,9-14,20-21H,7-8,15-17H2. The number of hydrogen-bond acceptors (Lipinski definition) is 2. The highest BCUT2D eigenvalue weighted by atomic mass is 15.3. The fraction of sp³-hybridized carbons (Fsp3) is 0.417. The van der Waals surface area contributed by atoms with E-state index in [1.54, 1.807) is 0 Å². The number of rotatable bonds is 2. The fourth-order valence-corrected chi connectivity index (χ4v) is 7.17. The summed E-state index contributed by atoms with van der Waals surface area (Å²) in [5.74, 6) is 1.02. The summed E-state index contributed by atoms with van der Waals surface area (Å²) in [6, 6.07) is 22.2. The summed E-state index contributed by atoms with van der Waals surface area (Å²) in [5, 5.41) is 10.4. The van der Waals surface area contributed by atoms with Gasteiger partial charge in [-0.1, -0.05) is 85.7 Å². The maximum Gasteiger partial charge on any atom is 0.121 e. The van der Waals surface area contributed by atoms with E-state index in [2.05, 4.69) is 72.8 Å². The van der Waals surface area contributed by atoms with Gasteiger partial charge < -0.3 is 0 Å². The van der Waals surface area contributed by atoms with Crippen LogP contribution in [-0.2, 0) is 11.1 Å². The predicted molar refractivity (Wildman–Crippen MR) is 103 cm³/mol. The van der Waals surface area contributed by atoms with Gasteiger partial charge in [0.2, 0.25) is 0 Å². The van der Waals surface area contributed by atoms with E-state index < -0.39 is 0 Å². The topological polar surface area (TPSA) is 24.7 Å². The summed E-state index contributed by atoms with van der Waals surface area (Å²) in [4.78, 5) is 0. The van der Waals surface area contributed by atoms with E-state index in [9.17, 15) is 0 Å². The van der Waals surface area contributed by atoms with Crippen LogP contribution in [0.2, 0.25) is 0 Å². The molecule has 1 spiro atoms. The molecule has 4 atom stereocenters. The van der Waals surface area contributed by atoms with Gasteiger partial charge in [0.25, 0.3) is 0 Å². The lowest BCUT2D eigenvalue weighted by Gasteiger charge is -2.44. The van der Waals surface area contributed by atoms with Gasteiger partial charge in [-0.3, -0.25) is 0 Å². The van der Waals surface area contributed by atoms with Crippen LogP contribution in [-0.4, -0.2) is 0 Å². The van der Waals surface area contributed by atoms with Gasteiger partial charge in [-0.25, -0.2) is 0 Å². The molecule has 2 heteroatoms. The molecule has 2 fully saturated rings. The molecule has 6 rings (SSSR count). The lowest BCUT2D eigenvalue weighted by molar-refractivity contribution is 0.108. The van der Waals surface area contributed by atoms with Crippen LogP contribution in [0.1, 0.15) is 43.2 Å². The van der Waals surface area contributed by atoms with E-state index in [4.69, 9.17) is 10.2 Å². The first-order valence-electron chi connectivity index (χ1n) is 10.1. The van der Waals surface area contributed by atoms with Gasteiger partial charge in [0.05, 0.1) is 0 Å². The lowest BCUT2D eigenvalue weighted by atomic mass is 9.58. The smallest absolute Gasteiger partial charge is 0.121 e. The molecule has 2 aromatic carbocycles. The van der Waals surface area contributed by atoms with Gasteiger partial charge >= 0.3 is 0 Å². The monoisotopic (exact) mass is 340 g/mol. The van der Waals surface area contributed by atoms with Crippen LogP contribution in [0, 0.1) is 17.3 Å². The largest absolute Gasteiger partial charge is 0.181 e. The highest BCUT2D eigenvalue weighted by Crippen LogP contribution is 2.80. The molecule has 2 nitrogen and oxygen atoms in total. The molecular formula is C24H24N2. The Balaban J connectivity index is 1.69. The Kier molecular flexibility index (Phi) is 2.83. The summed E-state index contributed by atoms with van der Waals surface area (Å²) in [5.41, 5.74) is 2.55. The zero-order valence-electron chi connectivity index (χ0n) is 15.0. The Hall–Kier alpha value is -2.22. The van der Waals surface area contributed by atoms with Crippen molar-refractivity contribution in [1.82, 2.24) is 0 Å². The van der Waals surface area contributed by atoms with Crippen molar-refractivity contribution in [2.45, 2.75) is 43.2 Å². The van der Waals surface area contributed by atoms with E-state index in [1.165, 1.54) is 36.8 Å². The second-order valence-electron chi connectivity index (χ2n) is 8.55. The first-order chi connectivity index (χ1) is 12.9. The van der Waals surface area contributed by atoms with Crippen LogP contribution in [0.4, 0.5) is 0 Å². The van der Waals surface area contributed by atoms with Crippen LogP contribution < -0.4 is 0 Å². The van der Waals surface area contributed by atoms with Crippen molar-refractivity contribution in [3.8, 4) is 0 Å².